The second-order valence-corrected chi connectivity index (χ2v) is 18.1. The highest BCUT2D eigenvalue weighted by Gasteiger charge is 2.67. The minimum absolute atomic E-state index is 0.0261. The molecule has 4 rings (SSSR count). The van der Waals surface area contributed by atoms with Crippen molar-refractivity contribution in [3.8, 4) is 11.8 Å². The quantitative estimate of drug-likeness (QED) is 0.166. The molecule has 18 heteroatoms. The summed E-state index contributed by atoms with van der Waals surface area (Å²) < 4.78 is 142. The minimum atomic E-state index is -5.80. The lowest BCUT2D eigenvalue weighted by atomic mass is 9.75. The van der Waals surface area contributed by atoms with Crippen LogP contribution in [0.3, 0.4) is 0 Å². The Hall–Kier alpha value is -3.46. The molecule has 1 amide bonds. The van der Waals surface area contributed by atoms with Gasteiger partial charge in [-0.05, 0) is 90.7 Å². The van der Waals surface area contributed by atoms with Gasteiger partial charge in [-0.25, -0.2) is 9.37 Å². The van der Waals surface area contributed by atoms with Crippen LogP contribution in [-0.4, -0.2) is 53.4 Å². The van der Waals surface area contributed by atoms with Crippen molar-refractivity contribution in [1.29, 1.82) is 5.26 Å². The van der Waals surface area contributed by atoms with Crippen LogP contribution in [0.2, 0.25) is 0 Å². The number of carbonyl (C=O) groups excluding carboxylic acids is 1. The molecule has 1 saturated carbocycles. The number of anilines is 2. The fourth-order valence-corrected chi connectivity index (χ4v) is 10.1. The fraction of sp³-hybridized carbons (Fsp3) is 0.588. The molecule has 1 spiro atoms. The van der Waals surface area contributed by atoms with Gasteiger partial charge in [0.2, 0.25) is 0 Å². The summed E-state index contributed by atoms with van der Waals surface area (Å²) in [5.74, 6) is -6.85. The van der Waals surface area contributed by atoms with Crippen LogP contribution in [0.5, 0.6) is 5.75 Å². The number of hydrogen-bond donors (Lipinski definition) is 0. The predicted molar refractivity (Wildman–Crippen MR) is 180 cm³/mol. The van der Waals surface area contributed by atoms with Crippen LogP contribution in [-0.2, 0) is 21.8 Å². The Morgan fingerprint density at radius 2 is 1.60 bits per heavy atom. The summed E-state index contributed by atoms with van der Waals surface area (Å²) in [4.78, 5) is 19.6. The molecule has 286 valence electrons. The van der Waals surface area contributed by atoms with E-state index in [1.54, 1.807) is 0 Å². The summed E-state index contributed by atoms with van der Waals surface area (Å²) in [6.07, 6.45) is -10.3. The lowest BCUT2D eigenvalue weighted by Gasteiger charge is -2.43. The topological polar surface area (TPSA) is 86.5 Å². The molecule has 2 aliphatic rings. The van der Waals surface area contributed by atoms with Crippen molar-refractivity contribution in [3.05, 3.63) is 47.5 Å². The molecule has 1 aliphatic carbocycles. The average Bonchev–Trinajstić information content (AvgIpc) is 3.22. The van der Waals surface area contributed by atoms with Crippen LogP contribution >= 0.6 is 12.2 Å². The first kappa shape index (κ1) is 41.3. The Kier molecular flexibility index (Phi) is 10.7. The lowest BCUT2D eigenvalue weighted by Crippen LogP contribution is -2.55. The van der Waals surface area contributed by atoms with Crippen LogP contribution in [0.4, 0.5) is 50.9 Å². The molecular weight excluding hydrogens is 748 g/mol. The van der Waals surface area contributed by atoms with Crippen LogP contribution in [0.25, 0.3) is 0 Å². The zero-order chi connectivity index (χ0) is 39.6. The number of nitriles is 1. The fourth-order valence-electron chi connectivity index (χ4n) is 7.21. The number of rotatable bonds is 11. The second-order valence-electron chi connectivity index (χ2n) is 15.0. The van der Waals surface area contributed by atoms with E-state index in [-0.39, 0.29) is 41.5 Å². The molecule has 1 aromatic carbocycles. The van der Waals surface area contributed by atoms with E-state index in [0.29, 0.717) is 12.5 Å². The molecule has 52 heavy (non-hydrogen) atoms. The standard InChI is InChI=1S/C34H37F9N4O3S2/c1-19(15-29(4,5)52(49)30(6,7)18-28(2,3)33(39,40)34(41,42)43)50-25-10-9-20(14-23(25)35)47-27(51)46(26(48)31(47)11-8-12-31)21-13-22(32(36,37)38)24(16-44)45-17-21/h9-10,13-14,17,19H,8,11-12,15,18H2,1-7H3. The normalized spacial score (nSPS) is 18.4. The second kappa shape index (κ2) is 13.4. The number of benzene rings is 1. The molecule has 2 unspecified atom stereocenters. The highest BCUT2D eigenvalue weighted by molar-refractivity contribution is 7.87. The largest absolute Gasteiger partial charge is 0.488 e. The van der Waals surface area contributed by atoms with Crippen molar-refractivity contribution in [2.75, 3.05) is 9.80 Å². The van der Waals surface area contributed by atoms with E-state index in [1.165, 1.54) is 57.7 Å². The van der Waals surface area contributed by atoms with Gasteiger partial charge >= 0.3 is 18.3 Å². The van der Waals surface area contributed by atoms with E-state index >= 15 is 4.39 Å². The highest BCUT2D eigenvalue weighted by Crippen LogP contribution is 2.53. The zero-order valence-corrected chi connectivity index (χ0v) is 30.9. The Balaban J connectivity index is 1.54. The molecule has 2 atom stereocenters. The van der Waals surface area contributed by atoms with Gasteiger partial charge < -0.3 is 9.64 Å². The zero-order valence-electron chi connectivity index (χ0n) is 29.2. The Morgan fingerprint density at radius 3 is 2.08 bits per heavy atom. The molecule has 2 fully saturated rings. The third-order valence-electron chi connectivity index (χ3n) is 9.49. The third kappa shape index (κ3) is 7.23. The van der Waals surface area contributed by atoms with Crippen molar-refractivity contribution in [2.45, 2.75) is 120 Å². The Morgan fingerprint density at radius 1 is 1.00 bits per heavy atom. The van der Waals surface area contributed by atoms with Crippen molar-refractivity contribution in [1.82, 2.24) is 4.98 Å². The first-order valence-electron chi connectivity index (χ1n) is 16.0. The molecule has 0 bridgehead atoms. The third-order valence-corrected chi connectivity index (χ3v) is 12.2. The van der Waals surface area contributed by atoms with E-state index in [9.17, 15) is 44.1 Å². The highest BCUT2D eigenvalue weighted by atomic mass is 32.2. The van der Waals surface area contributed by atoms with Gasteiger partial charge in [0.15, 0.2) is 22.4 Å². The van der Waals surface area contributed by atoms with E-state index < -0.39 is 85.0 Å². The number of nitrogens with zero attached hydrogens (tertiary/aromatic N) is 4. The number of pyridine rings is 1. The van der Waals surface area contributed by atoms with E-state index in [4.69, 9.17) is 22.2 Å². The SMILES string of the molecule is CC(CC(C)(C)S(=O)C(C)(C)CC(C)(C)C(F)(F)C(F)(F)F)Oc1ccc(N2C(=S)N(c3cnc(C#N)c(C(F)(F)F)c3)C(=O)C23CCC3)cc1F. The number of hydrogen-bond acceptors (Lipinski definition) is 6. The van der Waals surface area contributed by atoms with Crippen molar-refractivity contribution in [3.63, 3.8) is 0 Å². The van der Waals surface area contributed by atoms with E-state index in [0.717, 1.165) is 31.0 Å². The number of alkyl halides is 8. The maximum atomic E-state index is 15.6. The summed E-state index contributed by atoms with van der Waals surface area (Å²) in [5.41, 5.74) is -6.33. The smallest absolute Gasteiger partial charge is 0.453 e. The van der Waals surface area contributed by atoms with Crippen molar-refractivity contribution >= 4 is 45.4 Å². The lowest BCUT2D eigenvalue weighted by molar-refractivity contribution is -0.322. The number of aromatic nitrogens is 1. The van der Waals surface area contributed by atoms with E-state index in [1.807, 2.05) is 0 Å². The summed E-state index contributed by atoms with van der Waals surface area (Å²) in [5, 5.41) is 8.89. The van der Waals surface area contributed by atoms with Crippen LogP contribution in [0, 0.1) is 22.6 Å². The van der Waals surface area contributed by atoms with Gasteiger partial charge in [0.25, 0.3) is 5.91 Å². The van der Waals surface area contributed by atoms with Gasteiger partial charge in [0.1, 0.15) is 11.6 Å². The summed E-state index contributed by atoms with van der Waals surface area (Å²) in [6, 6.07) is 5.69. The van der Waals surface area contributed by atoms with Crippen molar-refractivity contribution < 1.29 is 53.3 Å². The number of ether oxygens (including phenoxy) is 1. The molecule has 1 aromatic heterocycles. The molecule has 2 aromatic rings. The molecular formula is C34H37F9N4O3S2. The van der Waals surface area contributed by atoms with Crippen LogP contribution in [0.15, 0.2) is 30.5 Å². The summed E-state index contributed by atoms with van der Waals surface area (Å²) in [6.45, 7) is 8.85. The number of halogens is 9. The van der Waals surface area contributed by atoms with Gasteiger partial charge in [0, 0.05) is 43.9 Å². The number of thiocarbonyl (C=S) groups is 1. The molecule has 1 aliphatic heterocycles. The van der Waals surface area contributed by atoms with Gasteiger partial charge in [-0.15, -0.1) is 0 Å². The number of carbonyl (C=O) groups is 1. The molecule has 0 radical (unpaired) electrons. The minimum Gasteiger partial charge on any atom is -0.488 e. The molecule has 1 saturated heterocycles. The summed E-state index contributed by atoms with van der Waals surface area (Å²) in [7, 11) is -1.99. The first-order chi connectivity index (χ1) is 23.5. The van der Waals surface area contributed by atoms with Gasteiger partial charge in [0.05, 0.1) is 23.6 Å². The first-order valence-corrected chi connectivity index (χ1v) is 17.6. The number of amides is 1. The summed E-state index contributed by atoms with van der Waals surface area (Å²) >= 11 is 5.56. The molecule has 0 N–H and O–H groups in total. The molecule has 7 nitrogen and oxygen atoms in total. The van der Waals surface area contributed by atoms with Gasteiger partial charge in [-0.1, -0.05) is 13.8 Å². The Bertz CT molecular complexity index is 1820. The maximum absolute atomic E-state index is 15.6. The predicted octanol–water partition coefficient (Wildman–Crippen LogP) is 9.25. The van der Waals surface area contributed by atoms with Crippen LogP contribution in [0.1, 0.15) is 91.8 Å². The van der Waals surface area contributed by atoms with E-state index in [2.05, 4.69) is 4.98 Å². The van der Waals surface area contributed by atoms with Crippen LogP contribution < -0.4 is 14.5 Å². The van der Waals surface area contributed by atoms with Gasteiger partial charge in [-0.2, -0.15) is 40.4 Å². The van der Waals surface area contributed by atoms with Gasteiger partial charge in [-0.3, -0.25) is 13.9 Å². The molecule has 2 heterocycles. The maximum Gasteiger partial charge on any atom is 0.453 e. The van der Waals surface area contributed by atoms with Crippen molar-refractivity contribution in [2.24, 2.45) is 5.41 Å². The monoisotopic (exact) mass is 784 g/mol. The Labute approximate surface area is 303 Å². The average molecular weight is 785 g/mol.